The minimum atomic E-state index is -0.714. The van der Waals surface area contributed by atoms with Crippen LogP contribution in [0.25, 0.3) is 0 Å². The minimum absolute atomic E-state index is 0.00368. The molecule has 0 aromatic rings. The number of nitrogens with two attached hydrogens (primary N) is 1. The molecule has 3 N–H and O–H groups in total. The van der Waals surface area contributed by atoms with Gasteiger partial charge < -0.3 is 10.8 Å². The fourth-order valence-electron chi connectivity index (χ4n) is 1.04. The summed E-state index contributed by atoms with van der Waals surface area (Å²) >= 11 is 0. The molecule has 1 unspecified atom stereocenters. The van der Waals surface area contributed by atoms with E-state index in [-0.39, 0.29) is 11.5 Å². The summed E-state index contributed by atoms with van der Waals surface area (Å²) in [6, 6.07) is 0. The molecule has 3 heteroatoms. The summed E-state index contributed by atoms with van der Waals surface area (Å²) in [4.78, 5) is 10.4. The van der Waals surface area contributed by atoms with Crippen LogP contribution >= 0.6 is 0 Å². The van der Waals surface area contributed by atoms with Crippen LogP contribution < -0.4 is 5.73 Å². The van der Waals surface area contributed by atoms with Gasteiger partial charge in [0.2, 0.25) is 0 Å². The second kappa shape index (κ2) is 2.81. The van der Waals surface area contributed by atoms with E-state index in [0.29, 0.717) is 6.42 Å². The zero-order chi connectivity index (χ0) is 8.48. The molecule has 1 rings (SSSR count). The van der Waals surface area contributed by atoms with Crippen molar-refractivity contribution in [2.45, 2.75) is 38.1 Å². The number of aliphatic carboxylic acids is 1. The highest BCUT2D eigenvalue weighted by atomic mass is 16.4. The van der Waals surface area contributed by atoms with Gasteiger partial charge in [-0.15, -0.1) is 0 Å². The Morgan fingerprint density at radius 3 is 2.64 bits per heavy atom. The maximum absolute atomic E-state index is 10.4. The Labute approximate surface area is 66.6 Å². The van der Waals surface area contributed by atoms with E-state index in [1.54, 1.807) is 6.92 Å². The van der Waals surface area contributed by atoms with E-state index in [2.05, 4.69) is 0 Å². The van der Waals surface area contributed by atoms with Crippen LogP contribution in [0, 0.1) is 5.92 Å². The average Bonchev–Trinajstić information content (AvgIpc) is 2.64. The van der Waals surface area contributed by atoms with E-state index >= 15 is 0 Å². The molecule has 3 nitrogen and oxygen atoms in total. The van der Waals surface area contributed by atoms with E-state index in [4.69, 9.17) is 10.8 Å². The van der Waals surface area contributed by atoms with Crippen LogP contribution in [0.4, 0.5) is 0 Å². The first-order chi connectivity index (χ1) is 5.03. The average molecular weight is 157 g/mol. The lowest BCUT2D eigenvalue weighted by Gasteiger charge is -2.10. The Kier molecular flexibility index (Phi) is 2.18. The van der Waals surface area contributed by atoms with Crippen molar-refractivity contribution < 1.29 is 9.90 Å². The molecule has 1 aliphatic rings. The van der Waals surface area contributed by atoms with Crippen LogP contribution in [0.2, 0.25) is 0 Å². The molecular weight excluding hydrogens is 142 g/mol. The largest absolute Gasteiger partial charge is 0.481 e. The smallest absolute Gasteiger partial charge is 0.306 e. The van der Waals surface area contributed by atoms with Gasteiger partial charge in [-0.2, -0.15) is 0 Å². The van der Waals surface area contributed by atoms with Crippen molar-refractivity contribution in [3.63, 3.8) is 0 Å². The van der Waals surface area contributed by atoms with Crippen molar-refractivity contribution in [3.05, 3.63) is 0 Å². The summed E-state index contributed by atoms with van der Waals surface area (Å²) in [5.41, 5.74) is 5.81. The van der Waals surface area contributed by atoms with Gasteiger partial charge in [-0.3, -0.25) is 4.79 Å². The molecule has 0 amide bonds. The van der Waals surface area contributed by atoms with Crippen LogP contribution in [0.1, 0.15) is 32.6 Å². The van der Waals surface area contributed by atoms with Gasteiger partial charge in [0, 0.05) is 5.54 Å². The van der Waals surface area contributed by atoms with Crippen molar-refractivity contribution in [3.8, 4) is 0 Å². The number of hydrogen-bond donors (Lipinski definition) is 2. The molecular formula is C8H15NO2. The van der Waals surface area contributed by atoms with Crippen molar-refractivity contribution >= 4 is 5.97 Å². The van der Waals surface area contributed by atoms with Crippen LogP contribution in [-0.4, -0.2) is 16.6 Å². The van der Waals surface area contributed by atoms with Gasteiger partial charge in [0.1, 0.15) is 0 Å². The molecule has 0 saturated heterocycles. The van der Waals surface area contributed by atoms with E-state index in [1.165, 1.54) is 0 Å². The SMILES string of the molecule is CC(CCC1(N)CC1)C(=O)O. The monoisotopic (exact) mass is 157 g/mol. The van der Waals surface area contributed by atoms with Crippen molar-refractivity contribution in [2.24, 2.45) is 11.7 Å². The second-order valence-corrected chi connectivity index (χ2v) is 3.64. The Morgan fingerprint density at radius 1 is 1.73 bits per heavy atom. The molecule has 11 heavy (non-hydrogen) atoms. The third-order valence-electron chi connectivity index (χ3n) is 2.39. The minimum Gasteiger partial charge on any atom is -0.481 e. The first-order valence-electron chi connectivity index (χ1n) is 4.05. The molecule has 0 aromatic heterocycles. The van der Waals surface area contributed by atoms with Gasteiger partial charge in [-0.1, -0.05) is 6.92 Å². The lowest BCUT2D eigenvalue weighted by atomic mass is 10.0. The molecule has 0 aliphatic heterocycles. The van der Waals surface area contributed by atoms with Gasteiger partial charge in [0.25, 0.3) is 0 Å². The quantitative estimate of drug-likeness (QED) is 0.639. The van der Waals surface area contributed by atoms with Crippen molar-refractivity contribution in [1.82, 2.24) is 0 Å². The van der Waals surface area contributed by atoms with Gasteiger partial charge in [0.05, 0.1) is 5.92 Å². The maximum Gasteiger partial charge on any atom is 0.306 e. The highest BCUT2D eigenvalue weighted by molar-refractivity contribution is 5.69. The lowest BCUT2D eigenvalue weighted by molar-refractivity contribution is -0.141. The predicted molar refractivity (Wildman–Crippen MR) is 42.2 cm³/mol. The molecule has 1 saturated carbocycles. The summed E-state index contributed by atoms with van der Waals surface area (Å²) < 4.78 is 0. The summed E-state index contributed by atoms with van der Waals surface area (Å²) in [5, 5.41) is 8.56. The Bertz CT molecular complexity index is 163. The van der Waals surface area contributed by atoms with Crippen LogP contribution in [0.15, 0.2) is 0 Å². The number of carbonyl (C=O) groups is 1. The molecule has 1 aliphatic carbocycles. The van der Waals surface area contributed by atoms with E-state index < -0.39 is 5.97 Å². The van der Waals surface area contributed by atoms with Gasteiger partial charge in [-0.05, 0) is 25.7 Å². The number of hydrogen-bond acceptors (Lipinski definition) is 2. The van der Waals surface area contributed by atoms with E-state index in [9.17, 15) is 4.79 Å². The normalized spacial score (nSPS) is 22.7. The predicted octanol–water partition coefficient (Wildman–Crippen LogP) is 0.979. The first-order valence-corrected chi connectivity index (χ1v) is 4.05. The topological polar surface area (TPSA) is 63.3 Å². The summed E-state index contributed by atoms with van der Waals surface area (Å²) in [5.74, 6) is -0.953. The Morgan fingerprint density at radius 2 is 2.27 bits per heavy atom. The van der Waals surface area contributed by atoms with Gasteiger partial charge >= 0.3 is 5.97 Å². The van der Waals surface area contributed by atoms with Crippen LogP contribution in [0.5, 0.6) is 0 Å². The molecule has 0 bridgehead atoms. The molecule has 1 atom stereocenters. The molecule has 0 aromatic carbocycles. The third-order valence-corrected chi connectivity index (χ3v) is 2.39. The highest BCUT2D eigenvalue weighted by Crippen LogP contribution is 2.37. The standard InChI is InChI=1S/C8H15NO2/c1-6(7(10)11)2-3-8(9)4-5-8/h6H,2-5,9H2,1H3,(H,10,11). The zero-order valence-corrected chi connectivity index (χ0v) is 6.84. The summed E-state index contributed by atoms with van der Waals surface area (Å²) in [7, 11) is 0. The lowest BCUT2D eigenvalue weighted by Crippen LogP contribution is -2.23. The molecule has 1 fully saturated rings. The van der Waals surface area contributed by atoms with Crippen LogP contribution in [-0.2, 0) is 4.79 Å². The Hall–Kier alpha value is -0.570. The number of carboxylic acid groups (broad SMARTS) is 1. The summed E-state index contributed by atoms with van der Waals surface area (Å²) in [6.45, 7) is 1.73. The van der Waals surface area contributed by atoms with E-state index in [0.717, 1.165) is 19.3 Å². The molecule has 0 radical (unpaired) electrons. The fraction of sp³-hybridized carbons (Fsp3) is 0.875. The zero-order valence-electron chi connectivity index (χ0n) is 6.84. The maximum atomic E-state index is 10.4. The van der Waals surface area contributed by atoms with Crippen LogP contribution in [0.3, 0.4) is 0 Å². The fourth-order valence-corrected chi connectivity index (χ4v) is 1.04. The molecule has 0 heterocycles. The van der Waals surface area contributed by atoms with Gasteiger partial charge in [-0.25, -0.2) is 0 Å². The highest BCUT2D eigenvalue weighted by Gasteiger charge is 2.37. The van der Waals surface area contributed by atoms with Crippen molar-refractivity contribution in [2.75, 3.05) is 0 Å². The summed E-state index contributed by atoms with van der Waals surface area (Å²) in [6.07, 6.45) is 3.71. The molecule has 0 spiro atoms. The third kappa shape index (κ3) is 2.50. The Balaban J connectivity index is 2.16. The van der Waals surface area contributed by atoms with E-state index in [1.807, 2.05) is 0 Å². The number of rotatable bonds is 4. The van der Waals surface area contributed by atoms with Crippen molar-refractivity contribution in [1.29, 1.82) is 0 Å². The number of carboxylic acids is 1. The molecule has 64 valence electrons. The van der Waals surface area contributed by atoms with Gasteiger partial charge in [0.15, 0.2) is 0 Å². The second-order valence-electron chi connectivity index (χ2n) is 3.64. The first kappa shape index (κ1) is 8.53.